The number of fused-ring (bicyclic) bond motifs is 3. The Bertz CT molecular complexity index is 413. The van der Waals surface area contributed by atoms with Gasteiger partial charge in [-0.15, -0.1) is 0 Å². The molecule has 3 heterocycles. The molecular formula is C18H31N3O. The molecule has 4 rings (SSSR count). The Hall–Kier alpha value is -0.770. The van der Waals surface area contributed by atoms with Crippen LogP contribution in [0.25, 0.3) is 0 Å². The molecule has 1 saturated carbocycles. The molecule has 3 aliphatic heterocycles. The van der Waals surface area contributed by atoms with Gasteiger partial charge in [-0.05, 0) is 64.3 Å². The summed E-state index contributed by atoms with van der Waals surface area (Å²) in [5, 5.41) is 3.41. The van der Waals surface area contributed by atoms with Gasteiger partial charge in [-0.3, -0.25) is 0 Å². The molecule has 1 N–H and O–H groups in total. The van der Waals surface area contributed by atoms with E-state index in [0.29, 0.717) is 24.2 Å². The Morgan fingerprint density at radius 3 is 2.41 bits per heavy atom. The molecule has 2 amide bonds. The van der Waals surface area contributed by atoms with E-state index in [0.717, 1.165) is 25.3 Å². The number of urea groups is 1. The Morgan fingerprint density at radius 2 is 1.64 bits per heavy atom. The van der Waals surface area contributed by atoms with E-state index in [9.17, 15) is 4.79 Å². The lowest BCUT2D eigenvalue weighted by molar-refractivity contribution is 0.0472. The molecule has 3 saturated heterocycles. The number of hydrogen-bond acceptors (Lipinski definition) is 2. The average Bonchev–Trinajstić information content (AvgIpc) is 2.96. The van der Waals surface area contributed by atoms with Gasteiger partial charge in [0.25, 0.3) is 0 Å². The second-order valence-electron chi connectivity index (χ2n) is 8.12. The highest BCUT2D eigenvalue weighted by molar-refractivity contribution is 5.75. The molecule has 1 aliphatic carbocycles. The van der Waals surface area contributed by atoms with E-state index >= 15 is 0 Å². The molecule has 4 aliphatic rings. The maximum absolute atomic E-state index is 12.8. The Balaban J connectivity index is 1.37. The summed E-state index contributed by atoms with van der Waals surface area (Å²) in [6.45, 7) is 0.979. The van der Waals surface area contributed by atoms with Crippen LogP contribution in [-0.2, 0) is 0 Å². The van der Waals surface area contributed by atoms with Crippen LogP contribution in [0.5, 0.6) is 0 Å². The van der Waals surface area contributed by atoms with Gasteiger partial charge >= 0.3 is 6.03 Å². The number of carbonyl (C=O) groups excluding carboxylic acids is 1. The monoisotopic (exact) mass is 305 g/mol. The van der Waals surface area contributed by atoms with Gasteiger partial charge in [0, 0.05) is 30.7 Å². The van der Waals surface area contributed by atoms with Gasteiger partial charge in [0.05, 0.1) is 0 Å². The number of hydrogen-bond donors (Lipinski definition) is 1. The minimum absolute atomic E-state index is 0.240. The first kappa shape index (κ1) is 14.8. The van der Waals surface area contributed by atoms with Crippen molar-refractivity contribution < 1.29 is 4.79 Å². The SMILES string of the molecule is CN1[C@H]2CCC[C@H]1CC(NC(=O)N1CCC[C@@H]3CCC[C@@H]31)C2. The van der Waals surface area contributed by atoms with Crippen LogP contribution in [0, 0.1) is 5.92 Å². The molecule has 0 aromatic rings. The standard InChI is InChI=1S/C18H31N3O/c1-20-15-7-3-8-16(20)12-14(11-15)19-18(22)21-10-4-6-13-5-2-9-17(13)21/h13-17H,2-12H2,1H3,(H,19,22)/t13-,15-,16-,17-/m0/s1. The minimum atomic E-state index is 0.240. The Morgan fingerprint density at radius 1 is 0.955 bits per heavy atom. The molecule has 4 fully saturated rings. The maximum atomic E-state index is 12.8. The number of amides is 2. The lowest BCUT2D eigenvalue weighted by atomic mass is 9.82. The van der Waals surface area contributed by atoms with E-state index in [-0.39, 0.29) is 6.03 Å². The number of rotatable bonds is 1. The topological polar surface area (TPSA) is 35.6 Å². The van der Waals surface area contributed by atoms with E-state index in [1.807, 2.05) is 0 Å². The second kappa shape index (κ2) is 6.03. The van der Waals surface area contributed by atoms with Crippen molar-refractivity contribution in [3.05, 3.63) is 0 Å². The highest BCUT2D eigenvalue weighted by atomic mass is 16.2. The second-order valence-corrected chi connectivity index (χ2v) is 8.12. The van der Waals surface area contributed by atoms with Gasteiger partial charge in [-0.25, -0.2) is 4.79 Å². The summed E-state index contributed by atoms with van der Waals surface area (Å²) in [5.74, 6) is 0.788. The number of nitrogens with zero attached hydrogens (tertiary/aromatic N) is 2. The summed E-state index contributed by atoms with van der Waals surface area (Å²) in [6.07, 6.45) is 12.7. The van der Waals surface area contributed by atoms with Crippen molar-refractivity contribution in [1.29, 1.82) is 0 Å². The molecule has 0 aromatic heterocycles. The van der Waals surface area contributed by atoms with E-state index in [4.69, 9.17) is 0 Å². The van der Waals surface area contributed by atoms with Gasteiger partial charge in [0.2, 0.25) is 0 Å². The molecule has 22 heavy (non-hydrogen) atoms. The lowest BCUT2D eigenvalue weighted by Crippen LogP contribution is -2.58. The lowest BCUT2D eigenvalue weighted by Gasteiger charge is -2.47. The van der Waals surface area contributed by atoms with E-state index < -0.39 is 0 Å². The van der Waals surface area contributed by atoms with Crippen molar-refractivity contribution in [2.24, 2.45) is 5.92 Å². The smallest absolute Gasteiger partial charge is 0.317 e. The van der Waals surface area contributed by atoms with Gasteiger partial charge in [-0.1, -0.05) is 12.8 Å². The molecule has 0 spiro atoms. The Labute approximate surface area is 134 Å². The summed E-state index contributed by atoms with van der Waals surface area (Å²) >= 11 is 0. The molecule has 4 atom stereocenters. The molecule has 0 radical (unpaired) electrons. The quantitative estimate of drug-likeness (QED) is 0.808. The van der Waals surface area contributed by atoms with Gasteiger partial charge in [0.15, 0.2) is 0 Å². The summed E-state index contributed by atoms with van der Waals surface area (Å²) in [6, 6.07) is 2.57. The number of likely N-dealkylation sites (tertiary alicyclic amines) is 1. The fourth-order valence-corrected chi connectivity index (χ4v) is 5.70. The number of nitrogens with one attached hydrogen (secondary N) is 1. The van der Waals surface area contributed by atoms with Crippen LogP contribution < -0.4 is 5.32 Å². The first-order valence-electron chi connectivity index (χ1n) is 9.51. The van der Waals surface area contributed by atoms with E-state index in [1.165, 1.54) is 51.4 Å². The van der Waals surface area contributed by atoms with Crippen molar-refractivity contribution >= 4 is 6.03 Å². The molecule has 2 bridgehead atoms. The van der Waals surface area contributed by atoms with Crippen LogP contribution in [0.3, 0.4) is 0 Å². The largest absolute Gasteiger partial charge is 0.335 e. The molecule has 124 valence electrons. The van der Waals surface area contributed by atoms with Gasteiger partial charge < -0.3 is 15.1 Å². The van der Waals surface area contributed by atoms with Crippen LogP contribution in [-0.4, -0.2) is 53.6 Å². The predicted octanol–water partition coefficient (Wildman–Crippen LogP) is 2.98. The van der Waals surface area contributed by atoms with Crippen molar-refractivity contribution in [3.8, 4) is 0 Å². The highest BCUT2D eigenvalue weighted by Gasteiger charge is 2.40. The fourth-order valence-electron chi connectivity index (χ4n) is 5.70. The molecular weight excluding hydrogens is 274 g/mol. The average molecular weight is 305 g/mol. The zero-order chi connectivity index (χ0) is 15.1. The summed E-state index contributed by atoms with van der Waals surface area (Å²) in [7, 11) is 2.28. The molecule has 4 nitrogen and oxygen atoms in total. The summed E-state index contributed by atoms with van der Waals surface area (Å²) in [4.78, 5) is 17.6. The minimum Gasteiger partial charge on any atom is -0.335 e. The number of piperidine rings is 3. The first-order chi connectivity index (χ1) is 10.7. The zero-order valence-electron chi connectivity index (χ0n) is 14.0. The van der Waals surface area contributed by atoms with Crippen molar-refractivity contribution in [1.82, 2.24) is 15.1 Å². The van der Waals surface area contributed by atoms with Crippen LogP contribution >= 0.6 is 0 Å². The third kappa shape index (κ3) is 2.64. The van der Waals surface area contributed by atoms with Crippen LogP contribution in [0.4, 0.5) is 4.79 Å². The van der Waals surface area contributed by atoms with Crippen molar-refractivity contribution in [3.63, 3.8) is 0 Å². The highest BCUT2D eigenvalue weighted by Crippen LogP contribution is 2.37. The van der Waals surface area contributed by atoms with E-state index in [2.05, 4.69) is 22.2 Å². The summed E-state index contributed by atoms with van der Waals surface area (Å²) < 4.78 is 0. The summed E-state index contributed by atoms with van der Waals surface area (Å²) in [5.41, 5.74) is 0. The van der Waals surface area contributed by atoms with Gasteiger partial charge in [0.1, 0.15) is 0 Å². The van der Waals surface area contributed by atoms with Crippen LogP contribution in [0.15, 0.2) is 0 Å². The van der Waals surface area contributed by atoms with Gasteiger partial charge in [-0.2, -0.15) is 0 Å². The molecule has 0 aromatic carbocycles. The third-order valence-corrected chi connectivity index (χ3v) is 6.92. The molecule has 0 unspecified atom stereocenters. The molecule has 4 heteroatoms. The fraction of sp³-hybridized carbons (Fsp3) is 0.944. The van der Waals surface area contributed by atoms with Crippen molar-refractivity contribution in [2.45, 2.75) is 88.4 Å². The normalized spacial score (nSPS) is 42.0. The zero-order valence-corrected chi connectivity index (χ0v) is 14.0. The Kier molecular flexibility index (Phi) is 4.05. The van der Waals surface area contributed by atoms with Crippen molar-refractivity contribution in [2.75, 3.05) is 13.6 Å². The first-order valence-corrected chi connectivity index (χ1v) is 9.51. The van der Waals surface area contributed by atoms with Crippen LogP contribution in [0.1, 0.15) is 64.2 Å². The third-order valence-electron chi connectivity index (χ3n) is 6.92. The predicted molar refractivity (Wildman–Crippen MR) is 87.8 cm³/mol. The maximum Gasteiger partial charge on any atom is 0.317 e. The number of carbonyl (C=O) groups is 1. The van der Waals surface area contributed by atoms with E-state index in [1.54, 1.807) is 0 Å². The van der Waals surface area contributed by atoms with Crippen LogP contribution in [0.2, 0.25) is 0 Å².